The van der Waals surface area contributed by atoms with Gasteiger partial charge in [-0.15, -0.1) is 0 Å². The molecule has 1 aromatic carbocycles. The van der Waals surface area contributed by atoms with E-state index in [4.69, 9.17) is 5.73 Å². The highest BCUT2D eigenvalue weighted by atomic mass is 19.3. The second-order valence-corrected chi connectivity index (χ2v) is 4.85. The molecule has 108 valence electrons. The number of rotatable bonds is 8. The van der Waals surface area contributed by atoms with E-state index >= 15 is 0 Å². The SMILES string of the molecule is CCC(CC)CNC(CN)c1cccc(C(F)F)c1. The molecule has 19 heavy (non-hydrogen) atoms. The van der Waals surface area contributed by atoms with Crippen LogP contribution in [0.25, 0.3) is 0 Å². The number of nitrogens with one attached hydrogen (secondary N) is 1. The van der Waals surface area contributed by atoms with Gasteiger partial charge in [0, 0.05) is 18.2 Å². The molecule has 1 rings (SSSR count). The van der Waals surface area contributed by atoms with Crippen LogP contribution in [0.5, 0.6) is 0 Å². The third-order valence-electron chi connectivity index (χ3n) is 3.61. The van der Waals surface area contributed by atoms with Gasteiger partial charge in [-0.05, 0) is 24.1 Å². The highest BCUT2D eigenvalue weighted by Crippen LogP contribution is 2.22. The summed E-state index contributed by atoms with van der Waals surface area (Å²) in [6.07, 6.45) is -0.215. The molecular formula is C15H24F2N2. The fourth-order valence-electron chi connectivity index (χ4n) is 2.14. The molecule has 0 aliphatic rings. The Morgan fingerprint density at radius 2 is 1.79 bits per heavy atom. The van der Waals surface area contributed by atoms with Gasteiger partial charge in [-0.25, -0.2) is 8.78 Å². The van der Waals surface area contributed by atoms with Gasteiger partial charge in [0.1, 0.15) is 0 Å². The zero-order valence-corrected chi connectivity index (χ0v) is 11.7. The van der Waals surface area contributed by atoms with Crippen molar-refractivity contribution in [1.82, 2.24) is 5.32 Å². The second-order valence-electron chi connectivity index (χ2n) is 4.85. The summed E-state index contributed by atoms with van der Waals surface area (Å²) in [5.41, 5.74) is 6.65. The summed E-state index contributed by atoms with van der Waals surface area (Å²) in [5, 5.41) is 3.38. The van der Waals surface area contributed by atoms with Crippen LogP contribution in [-0.4, -0.2) is 13.1 Å². The van der Waals surface area contributed by atoms with Gasteiger partial charge >= 0.3 is 0 Å². The van der Waals surface area contributed by atoms with Crippen LogP contribution in [-0.2, 0) is 0 Å². The predicted octanol–water partition coefficient (Wildman–Crippen LogP) is 3.65. The van der Waals surface area contributed by atoms with Gasteiger partial charge in [-0.1, -0.05) is 44.9 Å². The first-order valence-electron chi connectivity index (χ1n) is 6.93. The lowest BCUT2D eigenvalue weighted by atomic mass is 10.0. The van der Waals surface area contributed by atoms with Crippen LogP contribution in [0.15, 0.2) is 24.3 Å². The molecular weight excluding hydrogens is 246 g/mol. The zero-order valence-electron chi connectivity index (χ0n) is 11.7. The van der Waals surface area contributed by atoms with Crippen LogP contribution < -0.4 is 11.1 Å². The normalized spacial score (nSPS) is 13.2. The van der Waals surface area contributed by atoms with Gasteiger partial charge in [-0.3, -0.25) is 0 Å². The summed E-state index contributed by atoms with van der Waals surface area (Å²) in [5.74, 6) is 0.604. The molecule has 1 unspecified atom stereocenters. The maximum absolute atomic E-state index is 12.7. The van der Waals surface area contributed by atoms with Crippen LogP contribution >= 0.6 is 0 Å². The Morgan fingerprint density at radius 1 is 1.16 bits per heavy atom. The van der Waals surface area contributed by atoms with E-state index in [1.165, 1.54) is 6.07 Å². The van der Waals surface area contributed by atoms with Crippen molar-refractivity contribution in [3.8, 4) is 0 Å². The van der Waals surface area contributed by atoms with E-state index in [0.29, 0.717) is 12.5 Å². The maximum Gasteiger partial charge on any atom is 0.263 e. The summed E-state index contributed by atoms with van der Waals surface area (Å²) in [7, 11) is 0. The van der Waals surface area contributed by atoms with Gasteiger partial charge in [0.25, 0.3) is 6.43 Å². The van der Waals surface area contributed by atoms with Crippen LogP contribution in [0.4, 0.5) is 8.78 Å². The number of benzene rings is 1. The van der Waals surface area contributed by atoms with E-state index in [-0.39, 0.29) is 11.6 Å². The minimum absolute atomic E-state index is 0.0558. The molecule has 1 atom stereocenters. The number of halogens is 2. The van der Waals surface area contributed by atoms with Gasteiger partial charge in [-0.2, -0.15) is 0 Å². The van der Waals surface area contributed by atoms with E-state index in [2.05, 4.69) is 19.2 Å². The molecule has 4 heteroatoms. The quantitative estimate of drug-likeness (QED) is 0.756. The average Bonchev–Trinajstić information content (AvgIpc) is 2.44. The number of hydrogen-bond acceptors (Lipinski definition) is 2. The zero-order chi connectivity index (χ0) is 14.3. The van der Waals surface area contributed by atoms with Gasteiger partial charge < -0.3 is 11.1 Å². The highest BCUT2D eigenvalue weighted by molar-refractivity contribution is 5.27. The first kappa shape index (κ1) is 16.1. The molecule has 0 heterocycles. The molecule has 0 fully saturated rings. The Morgan fingerprint density at radius 3 is 2.32 bits per heavy atom. The Balaban J connectivity index is 2.71. The molecule has 0 aliphatic heterocycles. The smallest absolute Gasteiger partial charge is 0.263 e. The Bertz CT molecular complexity index is 365. The molecule has 0 bridgehead atoms. The fraction of sp³-hybridized carbons (Fsp3) is 0.600. The molecule has 2 nitrogen and oxygen atoms in total. The van der Waals surface area contributed by atoms with Crippen molar-refractivity contribution in [2.75, 3.05) is 13.1 Å². The van der Waals surface area contributed by atoms with Gasteiger partial charge in [0.05, 0.1) is 0 Å². The number of alkyl halides is 2. The molecule has 0 aromatic heterocycles. The van der Waals surface area contributed by atoms with E-state index < -0.39 is 6.43 Å². The lowest BCUT2D eigenvalue weighted by Crippen LogP contribution is -2.32. The van der Waals surface area contributed by atoms with Crippen LogP contribution in [0.1, 0.15) is 50.3 Å². The molecule has 0 saturated carbocycles. The molecule has 0 aliphatic carbocycles. The Labute approximate surface area is 114 Å². The van der Waals surface area contributed by atoms with Crippen molar-refractivity contribution in [3.05, 3.63) is 35.4 Å². The Hall–Kier alpha value is -1.00. The van der Waals surface area contributed by atoms with E-state index in [0.717, 1.165) is 24.9 Å². The largest absolute Gasteiger partial charge is 0.329 e. The molecule has 0 radical (unpaired) electrons. The average molecular weight is 270 g/mol. The van der Waals surface area contributed by atoms with Crippen LogP contribution in [0, 0.1) is 5.92 Å². The third kappa shape index (κ3) is 4.88. The Kier molecular flexibility index (Phi) is 6.95. The topological polar surface area (TPSA) is 38.0 Å². The molecule has 1 aromatic rings. The summed E-state index contributed by atoms with van der Waals surface area (Å²) in [6.45, 7) is 5.59. The van der Waals surface area contributed by atoms with Crippen molar-refractivity contribution in [3.63, 3.8) is 0 Å². The first-order chi connectivity index (χ1) is 9.12. The lowest BCUT2D eigenvalue weighted by molar-refractivity contribution is 0.151. The summed E-state index contributed by atoms with van der Waals surface area (Å²) >= 11 is 0. The number of nitrogens with two attached hydrogens (primary N) is 1. The minimum Gasteiger partial charge on any atom is -0.329 e. The van der Waals surface area contributed by atoms with E-state index in [9.17, 15) is 8.78 Å². The molecule has 3 N–H and O–H groups in total. The standard InChI is InChI=1S/C15H24F2N2/c1-3-11(4-2)10-19-14(9-18)12-6-5-7-13(8-12)15(16)17/h5-8,11,14-15,19H,3-4,9-10,18H2,1-2H3. The van der Waals surface area contributed by atoms with Crippen molar-refractivity contribution < 1.29 is 8.78 Å². The minimum atomic E-state index is -2.43. The third-order valence-corrected chi connectivity index (χ3v) is 3.61. The van der Waals surface area contributed by atoms with Crippen LogP contribution in [0.3, 0.4) is 0 Å². The van der Waals surface area contributed by atoms with Crippen molar-refractivity contribution >= 4 is 0 Å². The second kappa shape index (κ2) is 8.23. The molecule has 0 amide bonds. The van der Waals surface area contributed by atoms with Crippen molar-refractivity contribution in [2.45, 2.75) is 39.2 Å². The summed E-state index contributed by atoms with van der Waals surface area (Å²) in [6, 6.07) is 6.45. The monoisotopic (exact) mass is 270 g/mol. The highest BCUT2D eigenvalue weighted by Gasteiger charge is 2.14. The van der Waals surface area contributed by atoms with Crippen molar-refractivity contribution in [1.29, 1.82) is 0 Å². The summed E-state index contributed by atoms with van der Waals surface area (Å²) in [4.78, 5) is 0. The van der Waals surface area contributed by atoms with E-state index in [1.54, 1.807) is 12.1 Å². The van der Waals surface area contributed by atoms with Crippen LogP contribution in [0.2, 0.25) is 0 Å². The fourth-order valence-corrected chi connectivity index (χ4v) is 2.14. The predicted molar refractivity (Wildman–Crippen MR) is 75.3 cm³/mol. The summed E-state index contributed by atoms with van der Waals surface area (Å²) < 4.78 is 25.4. The van der Waals surface area contributed by atoms with Crippen molar-refractivity contribution in [2.24, 2.45) is 11.7 Å². The van der Waals surface area contributed by atoms with E-state index in [1.807, 2.05) is 6.07 Å². The van der Waals surface area contributed by atoms with Gasteiger partial charge in [0.15, 0.2) is 0 Å². The first-order valence-corrected chi connectivity index (χ1v) is 6.93. The number of hydrogen-bond donors (Lipinski definition) is 2. The molecule has 0 spiro atoms. The molecule has 0 saturated heterocycles. The van der Waals surface area contributed by atoms with Gasteiger partial charge in [0.2, 0.25) is 0 Å². The lowest BCUT2D eigenvalue weighted by Gasteiger charge is -2.21. The maximum atomic E-state index is 12.7.